The Hall–Kier alpha value is -2.87. The zero-order valence-corrected chi connectivity index (χ0v) is 15.6. The summed E-state index contributed by atoms with van der Waals surface area (Å²) in [5, 5.41) is 8.43. The molecule has 0 saturated carbocycles. The van der Waals surface area contributed by atoms with Crippen molar-refractivity contribution >= 4 is 23.9 Å². The number of carbonyl (C=O) groups is 3. The lowest BCUT2D eigenvalue weighted by Crippen LogP contribution is -2.32. The van der Waals surface area contributed by atoms with Crippen molar-refractivity contribution in [3.8, 4) is 5.75 Å². The van der Waals surface area contributed by atoms with Crippen LogP contribution in [0.5, 0.6) is 5.75 Å². The number of hydrogen-bond donors (Lipinski definition) is 2. The van der Waals surface area contributed by atoms with Gasteiger partial charge in [0.1, 0.15) is 11.4 Å². The molecular weight excluding hydrogens is 350 g/mol. The molecule has 1 aromatic carbocycles. The molecule has 1 heterocycles. The van der Waals surface area contributed by atoms with Gasteiger partial charge in [-0.25, -0.2) is 10.3 Å². The van der Waals surface area contributed by atoms with E-state index in [-0.39, 0.29) is 18.4 Å². The van der Waals surface area contributed by atoms with E-state index < -0.39 is 5.91 Å². The molecule has 1 aliphatic rings. The average molecular weight is 375 g/mol. The zero-order valence-electron chi connectivity index (χ0n) is 15.6. The number of methoxy groups -OCH3 is 1. The third-order valence-corrected chi connectivity index (χ3v) is 4.43. The summed E-state index contributed by atoms with van der Waals surface area (Å²) in [5.74, 6) is -0.107. The van der Waals surface area contributed by atoms with Gasteiger partial charge >= 0.3 is 6.03 Å². The average Bonchev–Trinajstić information content (AvgIpc) is 2.88. The van der Waals surface area contributed by atoms with Crippen LogP contribution in [0.2, 0.25) is 0 Å². The van der Waals surface area contributed by atoms with Gasteiger partial charge in [0.15, 0.2) is 0 Å². The molecule has 1 aliphatic heterocycles. The normalized spacial score (nSPS) is 15.6. The number of likely N-dealkylation sites (N-methyl/N-ethyl adjacent to an activating group) is 1. The van der Waals surface area contributed by atoms with Crippen LogP contribution in [0.25, 0.3) is 6.08 Å². The molecule has 8 nitrogen and oxygen atoms in total. The number of carbonyl (C=O) groups excluding carboxylic acids is 3. The SMILES string of the molecule is COc1ccccc1C=C1C(=O)N(CCCCCCC(=O)NO)C(=O)N1C. The Morgan fingerprint density at radius 2 is 1.89 bits per heavy atom. The van der Waals surface area contributed by atoms with E-state index in [1.54, 1.807) is 31.8 Å². The fraction of sp³-hybridized carbons (Fsp3) is 0.421. The molecular formula is C19H25N3O5. The predicted octanol–water partition coefficient (Wildman–Crippen LogP) is 2.39. The van der Waals surface area contributed by atoms with Gasteiger partial charge in [-0.05, 0) is 25.0 Å². The summed E-state index contributed by atoms with van der Waals surface area (Å²) in [4.78, 5) is 38.6. The maximum absolute atomic E-state index is 12.7. The highest BCUT2D eigenvalue weighted by Crippen LogP contribution is 2.26. The summed E-state index contributed by atoms with van der Waals surface area (Å²) in [6, 6.07) is 6.94. The van der Waals surface area contributed by atoms with Crippen molar-refractivity contribution < 1.29 is 24.3 Å². The van der Waals surface area contributed by atoms with Crippen LogP contribution in [0, 0.1) is 0 Å². The molecule has 0 unspecified atom stereocenters. The summed E-state index contributed by atoms with van der Waals surface area (Å²) in [7, 11) is 3.13. The molecule has 2 rings (SSSR count). The van der Waals surface area contributed by atoms with Gasteiger partial charge in [0.2, 0.25) is 5.91 Å². The summed E-state index contributed by atoms with van der Waals surface area (Å²) in [6.45, 7) is 0.331. The van der Waals surface area contributed by atoms with E-state index in [0.29, 0.717) is 30.8 Å². The van der Waals surface area contributed by atoms with Crippen molar-refractivity contribution in [1.29, 1.82) is 0 Å². The van der Waals surface area contributed by atoms with Crippen LogP contribution in [-0.2, 0) is 9.59 Å². The van der Waals surface area contributed by atoms with Gasteiger partial charge in [-0.3, -0.25) is 24.6 Å². The first-order chi connectivity index (χ1) is 13.0. The molecule has 4 amide bonds. The van der Waals surface area contributed by atoms with Crippen LogP contribution in [0.4, 0.5) is 4.79 Å². The highest BCUT2D eigenvalue weighted by molar-refractivity contribution is 6.13. The summed E-state index contributed by atoms with van der Waals surface area (Å²) in [6.07, 6.45) is 4.79. The quantitative estimate of drug-likeness (QED) is 0.227. The third kappa shape index (κ3) is 5.07. The highest BCUT2D eigenvalue weighted by Gasteiger charge is 2.38. The monoisotopic (exact) mass is 375 g/mol. The molecule has 27 heavy (non-hydrogen) atoms. The van der Waals surface area contributed by atoms with Gasteiger partial charge in [0.05, 0.1) is 7.11 Å². The van der Waals surface area contributed by atoms with Gasteiger partial charge < -0.3 is 4.74 Å². The number of imide groups is 1. The predicted molar refractivity (Wildman–Crippen MR) is 98.9 cm³/mol. The van der Waals surface area contributed by atoms with Crippen molar-refractivity contribution in [2.24, 2.45) is 0 Å². The Morgan fingerprint density at radius 1 is 1.19 bits per heavy atom. The van der Waals surface area contributed by atoms with Crippen LogP contribution >= 0.6 is 0 Å². The first kappa shape index (κ1) is 20.4. The van der Waals surface area contributed by atoms with Gasteiger partial charge in [-0.1, -0.05) is 31.0 Å². The fourth-order valence-electron chi connectivity index (χ4n) is 2.91. The number of nitrogens with one attached hydrogen (secondary N) is 1. The molecule has 2 N–H and O–H groups in total. The molecule has 0 spiro atoms. The van der Waals surface area contributed by atoms with Gasteiger partial charge in [0, 0.05) is 25.6 Å². The van der Waals surface area contributed by atoms with Crippen LogP contribution in [0.1, 0.15) is 37.7 Å². The van der Waals surface area contributed by atoms with Crippen LogP contribution in [0.15, 0.2) is 30.0 Å². The number of amides is 4. The Morgan fingerprint density at radius 3 is 2.59 bits per heavy atom. The van der Waals surface area contributed by atoms with Crippen molar-refractivity contribution in [2.75, 3.05) is 20.7 Å². The number of hydroxylamine groups is 1. The smallest absolute Gasteiger partial charge is 0.331 e. The van der Waals surface area contributed by atoms with Crippen molar-refractivity contribution in [1.82, 2.24) is 15.3 Å². The van der Waals surface area contributed by atoms with E-state index in [4.69, 9.17) is 9.94 Å². The van der Waals surface area contributed by atoms with Crippen LogP contribution < -0.4 is 10.2 Å². The number of para-hydroxylation sites is 1. The number of rotatable bonds is 9. The highest BCUT2D eigenvalue weighted by atomic mass is 16.5. The van der Waals surface area contributed by atoms with Gasteiger partial charge in [-0.2, -0.15) is 0 Å². The Kier molecular flexibility index (Phi) is 7.36. The first-order valence-electron chi connectivity index (χ1n) is 8.86. The Bertz CT molecular complexity index is 732. The molecule has 146 valence electrons. The minimum absolute atomic E-state index is 0.257. The van der Waals surface area contributed by atoms with E-state index >= 15 is 0 Å². The Balaban J connectivity index is 1.94. The van der Waals surface area contributed by atoms with E-state index in [1.165, 1.54) is 9.80 Å². The Labute approximate surface area is 158 Å². The van der Waals surface area contributed by atoms with E-state index in [2.05, 4.69) is 0 Å². The molecule has 1 fully saturated rings. The lowest BCUT2D eigenvalue weighted by atomic mass is 10.1. The van der Waals surface area contributed by atoms with Crippen molar-refractivity contribution in [3.05, 3.63) is 35.5 Å². The third-order valence-electron chi connectivity index (χ3n) is 4.43. The van der Waals surface area contributed by atoms with Crippen molar-refractivity contribution in [2.45, 2.75) is 32.1 Å². The molecule has 0 aromatic heterocycles. The van der Waals surface area contributed by atoms with E-state index in [9.17, 15) is 14.4 Å². The largest absolute Gasteiger partial charge is 0.496 e. The molecule has 1 aromatic rings. The van der Waals surface area contributed by atoms with Crippen molar-refractivity contribution in [3.63, 3.8) is 0 Å². The van der Waals surface area contributed by atoms with E-state index in [0.717, 1.165) is 18.4 Å². The number of ether oxygens (including phenoxy) is 1. The minimum atomic E-state index is -0.410. The molecule has 8 heteroatoms. The number of nitrogens with zero attached hydrogens (tertiary/aromatic N) is 2. The molecule has 0 atom stereocenters. The second-order valence-electron chi connectivity index (χ2n) is 6.27. The lowest BCUT2D eigenvalue weighted by molar-refractivity contribution is -0.129. The zero-order chi connectivity index (χ0) is 19.8. The van der Waals surface area contributed by atoms with Gasteiger partial charge in [0.25, 0.3) is 5.91 Å². The van der Waals surface area contributed by atoms with Crippen LogP contribution in [-0.4, -0.2) is 53.6 Å². The van der Waals surface area contributed by atoms with Crippen LogP contribution in [0.3, 0.4) is 0 Å². The first-order valence-corrected chi connectivity index (χ1v) is 8.86. The van der Waals surface area contributed by atoms with E-state index in [1.807, 2.05) is 18.2 Å². The number of benzene rings is 1. The second kappa shape index (κ2) is 9.72. The van der Waals surface area contributed by atoms with Gasteiger partial charge in [-0.15, -0.1) is 0 Å². The number of urea groups is 1. The number of unbranched alkanes of at least 4 members (excludes halogenated alkanes) is 3. The second-order valence-corrected chi connectivity index (χ2v) is 6.27. The molecule has 0 bridgehead atoms. The fourth-order valence-corrected chi connectivity index (χ4v) is 2.91. The summed E-state index contributed by atoms with van der Waals surface area (Å²) >= 11 is 0. The summed E-state index contributed by atoms with van der Waals surface area (Å²) < 4.78 is 5.29. The maximum Gasteiger partial charge on any atom is 0.331 e. The summed E-state index contributed by atoms with van der Waals surface area (Å²) in [5.41, 5.74) is 2.63. The molecule has 1 saturated heterocycles. The molecule has 0 radical (unpaired) electrons. The standard InChI is InChI=1S/C19H25N3O5/c1-21-15(13-14-9-6-7-10-16(14)27-2)18(24)22(19(21)25)12-8-4-3-5-11-17(23)20-26/h6-7,9-10,13,26H,3-5,8,11-12H2,1-2H3,(H,20,23). The minimum Gasteiger partial charge on any atom is -0.496 e. The maximum atomic E-state index is 12.7. The topological polar surface area (TPSA) is 99.2 Å². The molecule has 0 aliphatic carbocycles. The lowest BCUT2D eigenvalue weighted by Gasteiger charge is -2.12. The number of hydrogen-bond acceptors (Lipinski definition) is 5.